The Hall–Kier alpha value is -1.40. The Kier molecular flexibility index (Phi) is 2.83. The number of hydrogen-bond acceptors (Lipinski definition) is 2. The number of aliphatic imine (C=N–C) groups is 1. The summed E-state index contributed by atoms with van der Waals surface area (Å²) in [7, 11) is 0. The molecule has 1 fully saturated rings. The van der Waals surface area contributed by atoms with Crippen LogP contribution >= 0.6 is 0 Å². The molecule has 0 bridgehead atoms. The number of carbonyl (C=O) groups excluding carboxylic acids is 1. The number of nitrogens with zero attached hydrogens (tertiary/aromatic N) is 1. The van der Waals surface area contributed by atoms with Crippen LogP contribution in [-0.2, 0) is 23.2 Å². The van der Waals surface area contributed by atoms with Gasteiger partial charge in [0.15, 0.2) is 0 Å². The van der Waals surface area contributed by atoms with Crippen molar-refractivity contribution in [3.8, 4) is 0 Å². The SMILES string of the molecule is Cc1ccc(C2(N=C=O)CCC2)c2c1CCCC2. The molecule has 0 atom stereocenters. The fraction of sp³-hybridized carbons (Fsp3) is 0.562. The summed E-state index contributed by atoms with van der Waals surface area (Å²) in [5.74, 6) is 0. The lowest BCUT2D eigenvalue weighted by molar-refractivity contribution is 0.253. The Balaban J connectivity index is 2.15. The van der Waals surface area contributed by atoms with E-state index in [0.29, 0.717) is 0 Å². The van der Waals surface area contributed by atoms with E-state index in [9.17, 15) is 4.79 Å². The molecule has 0 heterocycles. The minimum absolute atomic E-state index is 0.225. The van der Waals surface area contributed by atoms with Crippen molar-refractivity contribution in [2.45, 2.75) is 57.4 Å². The lowest BCUT2D eigenvalue weighted by Gasteiger charge is -2.40. The molecule has 0 aromatic heterocycles. The summed E-state index contributed by atoms with van der Waals surface area (Å²) in [6, 6.07) is 4.42. The highest BCUT2D eigenvalue weighted by molar-refractivity contribution is 5.48. The van der Waals surface area contributed by atoms with Crippen molar-refractivity contribution >= 4 is 6.08 Å². The zero-order valence-electron chi connectivity index (χ0n) is 11.0. The number of hydrogen-bond donors (Lipinski definition) is 0. The summed E-state index contributed by atoms with van der Waals surface area (Å²) in [6.45, 7) is 2.20. The molecule has 0 radical (unpaired) electrons. The normalized spacial score (nSPS) is 20.5. The Bertz CT molecular complexity index is 522. The van der Waals surface area contributed by atoms with Crippen LogP contribution in [0.15, 0.2) is 17.1 Å². The minimum atomic E-state index is -0.225. The van der Waals surface area contributed by atoms with Crippen molar-refractivity contribution in [3.63, 3.8) is 0 Å². The van der Waals surface area contributed by atoms with E-state index in [0.717, 1.165) is 19.3 Å². The van der Waals surface area contributed by atoms with Gasteiger partial charge >= 0.3 is 0 Å². The lowest BCUT2D eigenvalue weighted by atomic mass is 9.68. The van der Waals surface area contributed by atoms with E-state index in [1.54, 1.807) is 6.08 Å². The van der Waals surface area contributed by atoms with Gasteiger partial charge < -0.3 is 0 Å². The van der Waals surface area contributed by atoms with Crippen LogP contribution in [0, 0.1) is 6.92 Å². The molecule has 1 aromatic rings. The van der Waals surface area contributed by atoms with E-state index < -0.39 is 0 Å². The molecule has 1 aromatic carbocycles. The van der Waals surface area contributed by atoms with Gasteiger partial charge in [0.1, 0.15) is 0 Å². The number of fused-ring (bicyclic) bond motifs is 1. The number of aryl methyl sites for hydroxylation is 1. The molecule has 0 unspecified atom stereocenters. The molecular formula is C16H19NO. The van der Waals surface area contributed by atoms with Gasteiger partial charge in [-0.05, 0) is 74.1 Å². The van der Waals surface area contributed by atoms with Crippen molar-refractivity contribution in [2.75, 3.05) is 0 Å². The van der Waals surface area contributed by atoms with E-state index in [1.165, 1.54) is 47.9 Å². The number of rotatable bonds is 2. The molecule has 0 saturated heterocycles. The predicted molar refractivity (Wildman–Crippen MR) is 71.5 cm³/mol. The van der Waals surface area contributed by atoms with Gasteiger partial charge in [0.25, 0.3) is 0 Å². The molecule has 0 amide bonds. The standard InChI is InChI=1S/C16H19NO/c1-12-7-8-15(14-6-3-2-5-13(12)14)16(17-11-18)9-4-10-16/h7-8H,2-6,9-10H2,1H3. The maximum absolute atomic E-state index is 10.7. The van der Waals surface area contributed by atoms with Crippen molar-refractivity contribution in [1.82, 2.24) is 0 Å². The van der Waals surface area contributed by atoms with Gasteiger partial charge in [-0.3, -0.25) is 0 Å². The van der Waals surface area contributed by atoms with Crippen LogP contribution in [-0.4, -0.2) is 6.08 Å². The predicted octanol–water partition coefficient (Wildman–Crippen LogP) is 3.59. The molecule has 1 saturated carbocycles. The van der Waals surface area contributed by atoms with E-state index in [1.807, 2.05) is 0 Å². The van der Waals surface area contributed by atoms with Crippen LogP contribution in [0.1, 0.15) is 54.4 Å². The van der Waals surface area contributed by atoms with Crippen LogP contribution in [0.4, 0.5) is 0 Å². The van der Waals surface area contributed by atoms with Crippen molar-refractivity contribution in [3.05, 3.63) is 34.4 Å². The monoisotopic (exact) mass is 241 g/mol. The largest absolute Gasteiger partial charge is 0.235 e. The first-order valence-electron chi connectivity index (χ1n) is 6.98. The number of isocyanates is 1. The highest BCUT2D eigenvalue weighted by Crippen LogP contribution is 2.47. The fourth-order valence-electron chi connectivity index (χ4n) is 3.52. The quantitative estimate of drug-likeness (QED) is 0.574. The second-order valence-electron chi connectivity index (χ2n) is 5.68. The lowest BCUT2D eigenvalue weighted by Crippen LogP contribution is -2.34. The fourth-order valence-corrected chi connectivity index (χ4v) is 3.52. The maximum Gasteiger partial charge on any atom is 0.235 e. The summed E-state index contributed by atoms with van der Waals surface area (Å²) in [5, 5.41) is 0. The molecule has 2 aliphatic rings. The van der Waals surface area contributed by atoms with Gasteiger partial charge in [0.2, 0.25) is 6.08 Å². The van der Waals surface area contributed by atoms with Gasteiger partial charge in [-0.2, -0.15) is 4.99 Å². The summed E-state index contributed by atoms with van der Waals surface area (Å²) < 4.78 is 0. The first-order valence-corrected chi connectivity index (χ1v) is 6.98. The molecule has 0 aliphatic heterocycles. The smallest absolute Gasteiger partial charge is 0.211 e. The maximum atomic E-state index is 10.7. The highest BCUT2D eigenvalue weighted by atomic mass is 16.1. The van der Waals surface area contributed by atoms with Gasteiger partial charge in [-0.25, -0.2) is 4.79 Å². The van der Waals surface area contributed by atoms with Crippen LogP contribution in [0.5, 0.6) is 0 Å². The van der Waals surface area contributed by atoms with E-state index in [-0.39, 0.29) is 5.54 Å². The Morgan fingerprint density at radius 2 is 1.83 bits per heavy atom. The summed E-state index contributed by atoms with van der Waals surface area (Å²) in [4.78, 5) is 14.9. The summed E-state index contributed by atoms with van der Waals surface area (Å²) in [6.07, 6.45) is 9.91. The minimum Gasteiger partial charge on any atom is -0.211 e. The average molecular weight is 241 g/mol. The molecule has 3 rings (SSSR count). The Morgan fingerprint density at radius 1 is 1.11 bits per heavy atom. The first-order chi connectivity index (χ1) is 8.77. The Labute approximate surface area is 108 Å². The third-order valence-electron chi connectivity index (χ3n) is 4.71. The van der Waals surface area contributed by atoms with Crippen LogP contribution in [0.2, 0.25) is 0 Å². The van der Waals surface area contributed by atoms with E-state index in [4.69, 9.17) is 0 Å². The first kappa shape index (κ1) is 11.7. The topological polar surface area (TPSA) is 29.4 Å². The van der Waals surface area contributed by atoms with Gasteiger partial charge in [0.05, 0.1) is 5.54 Å². The zero-order valence-corrected chi connectivity index (χ0v) is 11.0. The van der Waals surface area contributed by atoms with Gasteiger partial charge in [-0.1, -0.05) is 12.1 Å². The molecule has 2 heteroatoms. The second kappa shape index (κ2) is 4.37. The van der Waals surface area contributed by atoms with Crippen molar-refractivity contribution in [2.24, 2.45) is 4.99 Å². The van der Waals surface area contributed by atoms with E-state index in [2.05, 4.69) is 24.0 Å². The Morgan fingerprint density at radius 3 is 2.44 bits per heavy atom. The van der Waals surface area contributed by atoms with E-state index >= 15 is 0 Å². The third kappa shape index (κ3) is 1.64. The molecule has 94 valence electrons. The van der Waals surface area contributed by atoms with Crippen LogP contribution in [0.25, 0.3) is 0 Å². The molecule has 2 nitrogen and oxygen atoms in total. The van der Waals surface area contributed by atoms with Crippen LogP contribution in [0.3, 0.4) is 0 Å². The van der Waals surface area contributed by atoms with Crippen molar-refractivity contribution < 1.29 is 4.79 Å². The molecular weight excluding hydrogens is 222 g/mol. The molecule has 0 N–H and O–H groups in total. The van der Waals surface area contributed by atoms with Gasteiger partial charge in [0, 0.05) is 0 Å². The third-order valence-corrected chi connectivity index (χ3v) is 4.71. The summed E-state index contributed by atoms with van der Waals surface area (Å²) >= 11 is 0. The highest BCUT2D eigenvalue weighted by Gasteiger charge is 2.41. The number of benzene rings is 1. The average Bonchev–Trinajstić information content (AvgIpc) is 2.35. The van der Waals surface area contributed by atoms with Crippen LogP contribution < -0.4 is 0 Å². The van der Waals surface area contributed by atoms with Gasteiger partial charge in [-0.15, -0.1) is 0 Å². The van der Waals surface area contributed by atoms with Crippen molar-refractivity contribution in [1.29, 1.82) is 0 Å². The molecule has 0 spiro atoms. The zero-order chi connectivity index (χ0) is 12.6. The molecule has 18 heavy (non-hydrogen) atoms. The molecule has 2 aliphatic carbocycles. The summed E-state index contributed by atoms with van der Waals surface area (Å²) in [5.41, 5.74) is 5.50. The second-order valence-corrected chi connectivity index (χ2v) is 5.68.